The van der Waals surface area contributed by atoms with Gasteiger partial charge in [-0.15, -0.1) is 0 Å². The molecule has 0 radical (unpaired) electrons. The molecule has 0 saturated heterocycles. The molecule has 0 fully saturated rings. The zero-order chi connectivity index (χ0) is 14.9. The molecule has 0 aliphatic heterocycles. The number of para-hydroxylation sites is 2. The molecular formula is C17H20N2O2. The van der Waals surface area contributed by atoms with Gasteiger partial charge in [-0.25, -0.2) is 4.79 Å². The van der Waals surface area contributed by atoms with E-state index < -0.39 is 0 Å². The lowest BCUT2D eigenvalue weighted by molar-refractivity contribution is 0.158. The molecule has 0 spiro atoms. The van der Waals surface area contributed by atoms with Crippen molar-refractivity contribution < 1.29 is 9.53 Å². The minimum absolute atomic E-state index is 0.321. The van der Waals surface area contributed by atoms with Gasteiger partial charge >= 0.3 is 6.09 Å². The molecule has 0 aliphatic carbocycles. The Morgan fingerprint density at radius 1 is 1.05 bits per heavy atom. The van der Waals surface area contributed by atoms with Gasteiger partial charge in [-0.3, -0.25) is 4.90 Å². The summed E-state index contributed by atoms with van der Waals surface area (Å²) in [6.45, 7) is 3.42. The summed E-state index contributed by atoms with van der Waals surface area (Å²) in [4.78, 5) is 13.7. The fraction of sp³-hybridized carbons (Fsp3) is 0.235. The van der Waals surface area contributed by atoms with Crippen molar-refractivity contribution in [2.24, 2.45) is 0 Å². The van der Waals surface area contributed by atoms with Crippen molar-refractivity contribution in [2.45, 2.75) is 6.92 Å². The molecule has 1 amide bonds. The number of hydrogen-bond acceptors (Lipinski definition) is 3. The molecule has 0 aromatic heterocycles. The van der Waals surface area contributed by atoms with Crippen LogP contribution in [0.15, 0.2) is 60.7 Å². The molecule has 0 aliphatic rings. The molecule has 2 aromatic rings. The van der Waals surface area contributed by atoms with Crippen molar-refractivity contribution in [3.05, 3.63) is 60.7 Å². The SMILES string of the molecule is CCN(C(=O)OCCNc1ccccc1)c1ccccc1. The van der Waals surface area contributed by atoms with Crippen molar-refractivity contribution in [3.63, 3.8) is 0 Å². The highest BCUT2D eigenvalue weighted by Crippen LogP contribution is 2.13. The first-order chi connectivity index (χ1) is 10.3. The third kappa shape index (κ3) is 4.53. The zero-order valence-electron chi connectivity index (χ0n) is 12.2. The quantitative estimate of drug-likeness (QED) is 0.821. The zero-order valence-corrected chi connectivity index (χ0v) is 12.2. The maximum atomic E-state index is 12.1. The Balaban J connectivity index is 1.78. The van der Waals surface area contributed by atoms with Crippen LogP contribution in [-0.4, -0.2) is 25.8 Å². The Morgan fingerprint density at radius 2 is 1.67 bits per heavy atom. The summed E-state index contributed by atoms with van der Waals surface area (Å²) in [7, 11) is 0. The molecule has 0 atom stereocenters. The van der Waals surface area contributed by atoms with E-state index in [1.54, 1.807) is 4.90 Å². The van der Waals surface area contributed by atoms with E-state index in [4.69, 9.17) is 4.74 Å². The van der Waals surface area contributed by atoms with Crippen LogP contribution in [0, 0.1) is 0 Å². The second kappa shape index (κ2) is 7.94. The highest BCUT2D eigenvalue weighted by atomic mass is 16.6. The minimum Gasteiger partial charge on any atom is -0.447 e. The lowest BCUT2D eigenvalue weighted by Gasteiger charge is -2.20. The van der Waals surface area contributed by atoms with Crippen LogP contribution in [0.25, 0.3) is 0 Å². The third-order valence-electron chi connectivity index (χ3n) is 3.03. The second-order valence-electron chi connectivity index (χ2n) is 4.49. The van der Waals surface area contributed by atoms with E-state index in [0.29, 0.717) is 19.7 Å². The fourth-order valence-corrected chi connectivity index (χ4v) is 1.99. The lowest BCUT2D eigenvalue weighted by Crippen LogP contribution is -2.32. The predicted molar refractivity (Wildman–Crippen MR) is 85.7 cm³/mol. The number of anilines is 2. The molecule has 2 aromatic carbocycles. The number of nitrogens with zero attached hydrogens (tertiary/aromatic N) is 1. The van der Waals surface area contributed by atoms with E-state index in [-0.39, 0.29) is 6.09 Å². The monoisotopic (exact) mass is 284 g/mol. The summed E-state index contributed by atoms with van der Waals surface area (Å²) < 4.78 is 5.30. The van der Waals surface area contributed by atoms with Crippen molar-refractivity contribution in [1.29, 1.82) is 0 Å². The first kappa shape index (κ1) is 14.9. The molecule has 0 bridgehead atoms. The van der Waals surface area contributed by atoms with Gasteiger partial charge < -0.3 is 10.1 Å². The molecule has 0 saturated carbocycles. The number of nitrogens with one attached hydrogen (secondary N) is 1. The topological polar surface area (TPSA) is 41.6 Å². The van der Waals surface area contributed by atoms with Gasteiger partial charge in [0.25, 0.3) is 0 Å². The van der Waals surface area contributed by atoms with Crippen LogP contribution in [0.3, 0.4) is 0 Å². The van der Waals surface area contributed by atoms with Crippen molar-refractivity contribution in [1.82, 2.24) is 0 Å². The van der Waals surface area contributed by atoms with Crippen molar-refractivity contribution in [2.75, 3.05) is 29.9 Å². The van der Waals surface area contributed by atoms with E-state index in [0.717, 1.165) is 11.4 Å². The van der Waals surface area contributed by atoms with Gasteiger partial charge in [0, 0.05) is 24.5 Å². The largest absolute Gasteiger partial charge is 0.447 e. The number of rotatable bonds is 6. The Hall–Kier alpha value is -2.49. The average molecular weight is 284 g/mol. The minimum atomic E-state index is -0.321. The van der Waals surface area contributed by atoms with Crippen molar-refractivity contribution in [3.8, 4) is 0 Å². The van der Waals surface area contributed by atoms with E-state index in [2.05, 4.69) is 5.32 Å². The van der Waals surface area contributed by atoms with Crippen LogP contribution in [-0.2, 0) is 4.74 Å². The molecule has 4 nitrogen and oxygen atoms in total. The first-order valence-electron chi connectivity index (χ1n) is 7.09. The number of benzene rings is 2. The average Bonchev–Trinajstić information content (AvgIpc) is 2.54. The molecule has 0 unspecified atom stereocenters. The summed E-state index contributed by atoms with van der Waals surface area (Å²) in [5.41, 5.74) is 1.87. The van der Waals surface area contributed by atoms with Crippen LogP contribution in [0.2, 0.25) is 0 Å². The first-order valence-corrected chi connectivity index (χ1v) is 7.09. The van der Waals surface area contributed by atoms with E-state index >= 15 is 0 Å². The highest BCUT2D eigenvalue weighted by Gasteiger charge is 2.14. The van der Waals surface area contributed by atoms with Gasteiger partial charge in [0.15, 0.2) is 0 Å². The van der Waals surface area contributed by atoms with E-state index in [1.807, 2.05) is 67.6 Å². The third-order valence-corrected chi connectivity index (χ3v) is 3.03. The molecule has 21 heavy (non-hydrogen) atoms. The summed E-state index contributed by atoms with van der Waals surface area (Å²) in [6.07, 6.45) is -0.321. The highest BCUT2D eigenvalue weighted by molar-refractivity contribution is 5.87. The standard InChI is InChI=1S/C17H20N2O2/c1-2-19(16-11-7-4-8-12-16)17(20)21-14-13-18-15-9-5-3-6-10-15/h3-12,18H,2,13-14H2,1H3. The normalized spacial score (nSPS) is 9.95. The summed E-state index contributed by atoms with van der Waals surface area (Å²) in [5, 5.41) is 3.20. The number of ether oxygens (including phenoxy) is 1. The van der Waals surface area contributed by atoms with Crippen LogP contribution in [0.1, 0.15) is 6.92 Å². The van der Waals surface area contributed by atoms with Crippen LogP contribution < -0.4 is 10.2 Å². The smallest absolute Gasteiger partial charge is 0.414 e. The maximum Gasteiger partial charge on any atom is 0.414 e. The summed E-state index contributed by atoms with van der Waals surface area (Å²) in [6, 6.07) is 19.4. The maximum absolute atomic E-state index is 12.1. The van der Waals surface area contributed by atoms with Gasteiger partial charge in [0.05, 0.1) is 0 Å². The number of carbonyl (C=O) groups is 1. The van der Waals surface area contributed by atoms with Gasteiger partial charge in [-0.2, -0.15) is 0 Å². The Kier molecular flexibility index (Phi) is 5.64. The lowest BCUT2D eigenvalue weighted by atomic mass is 10.3. The van der Waals surface area contributed by atoms with Crippen molar-refractivity contribution >= 4 is 17.5 Å². The van der Waals surface area contributed by atoms with E-state index in [1.165, 1.54) is 0 Å². The molecule has 2 rings (SSSR count). The Morgan fingerprint density at radius 3 is 2.29 bits per heavy atom. The Labute approximate surface area is 125 Å². The van der Waals surface area contributed by atoms with Crippen LogP contribution in [0.4, 0.5) is 16.2 Å². The molecule has 0 heterocycles. The molecular weight excluding hydrogens is 264 g/mol. The predicted octanol–water partition coefficient (Wildman–Crippen LogP) is 3.76. The van der Waals surface area contributed by atoms with Crippen LogP contribution >= 0.6 is 0 Å². The summed E-state index contributed by atoms with van der Waals surface area (Å²) in [5.74, 6) is 0. The number of amides is 1. The molecule has 110 valence electrons. The number of hydrogen-bond donors (Lipinski definition) is 1. The van der Waals surface area contributed by atoms with Gasteiger partial charge in [-0.05, 0) is 31.2 Å². The van der Waals surface area contributed by atoms with Gasteiger partial charge in [-0.1, -0.05) is 36.4 Å². The second-order valence-corrected chi connectivity index (χ2v) is 4.49. The molecule has 1 N–H and O–H groups in total. The number of carbonyl (C=O) groups excluding carboxylic acids is 1. The van der Waals surface area contributed by atoms with Crippen LogP contribution in [0.5, 0.6) is 0 Å². The van der Waals surface area contributed by atoms with E-state index in [9.17, 15) is 4.79 Å². The van der Waals surface area contributed by atoms with Gasteiger partial charge in [0.1, 0.15) is 6.61 Å². The molecule has 4 heteroatoms. The Bertz CT molecular complexity index is 543. The fourth-order valence-electron chi connectivity index (χ4n) is 1.99. The van der Waals surface area contributed by atoms with Gasteiger partial charge in [0.2, 0.25) is 0 Å². The summed E-state index contributed by atoms with van der Waals surface area (Å²) >= 11 is 0.